The van der Waals surface area contributed by atoms with Gasteiger partial charge in [0.15, 0.2) is 0 Å². The number of alkyl carbamates (subject to hydrolysis) is 1. The van der Waals surface area contributed by atoms with Crippen LogP contribution < -0.4 is 10.6 Å². The maximum atomic E-state index is 11.4. The zero-order valence-corrected chi connectivity index (χ0v) is 13.9. The molecule has 5 heteroatoms. The van der Waals surface area contributed by atoms with E-state index in [0.717, 1.165) is 13.0 Å². The molecule has 1 unspecified atom stereocenters. The summed E-state index contributed by atoms with van der Waals surface area (Å²) in [6, 6.07) is 0.542. The molecule has 0 saturated heterocycles. The van der Waals surface area contributed by atoms with Gasteiger partial charge in [0.05, 0.1) is 0 Å². The molecule has 0 spiro atoms. The summed E-state index contributed by atoms with van der Waals surface area (Å²) in [7, 11) is 0. The van der Waals surface area contributed by atoms with E-state index in [9.17, 15) is 4.79 Å². The van der Waals surface area contributed by atoms with Crippen molar-refractivity contribution in [3.05, 3.63) is 0 Å². The first-order valence-electron chi connectivity index (χ1n) is 7.13. The van der Waals surface area contributed by atoms with E-state index in [-0.39, 0.29) is 6.09 Å². The molecule has 114 valence electrons. The number of hydrogen-bond donors (Lipinski definition) is 2. The second-order valence-electron chi connectivity index (χ2n) is 5.62. The molecule has 0 radical (unpaired) electrons. The molecule has 0 aliphatic carbocycles. The third-order valence-corrected chi connectivity index (χ3v) is 3.35. The van der Waals surface area contributed by atoms with Crippen LogP contribution in [0.4, 0.5) is 4.79 Å². The van der Waals surface area contributed by atoms with Gasteiger partial charge in [-0.25, -0.2) is 4.79 Å². The fourth-order valence-corrected chi connectivity index (χ4v) is 2.26. The largest absolute Gasteiger partial charge is 0.444 e. The lowest BCUT2D eigenvalue weighted by molar-refractivity contribution is 0.0527. The minimum atomic E-state index is -0.423. The first-order valence-corrected chi connectivity index (χ1v) is 8.28. The van der Waals surface area contributed by atoms with Gasteiger partial charge in [-0.05, 0) is 58.6 Å². The van der Waals surface area contributed by atoms with Crippen LogP contribution in [0.5, 0.6) is 0 Å². The average Bonchev–Trinajstić information content (AvgIpc) is 2.26. The fourth-order valence-electron chi connectivity index (χ4n) is 1.45. The molecule has 0 aliphatic heterocycles. The maximum Gasteiger partial charge on any atom is 0.407 e. The van der Waals surface area contributed by atoms with Gasteiger partial charge in [0.1, 0.15) is 5.60 Å². The molecule has 1 amide bonds. The predicted octanol–water partition coefficient (Wildman–Crippen LogP) is 3.02. The van der Waals surface area contributed by atoms with E-state index in [1.807, 2.05) is 32.5 Å². The Kier molecular flexibility index (Phi) is 10.1. The van der Waals surface area contributed by atoms with Gasteiger partial charge < -0.3 is 15.4 Å². The fraction of sp³-hybridized carbons (Fsp3) is 0.929. The quantitative estimate of drug-likeness (QED) is 0.641. The summed E-state index contributed by atoms with van der Waals surface area (Å²) < 4.78 is 5.16. The highest BCUT2D eigenvalue weighted by atomic mass is 32.2. The molecule has 0 fully saturated rings. The Balaban J connectivity index is 3.42. The summed E-state index contributed by atoms with van der Waals surface area (Å²) in [5.74, 6) is 2.40. The van der Waals surface area contributed by atoms with Crippen molar-refractivity contribution in [2.24, 2.45) is 0 Å². The van der Waals surface area contributed by atoms with Gasteiger partial charge in [0, 0.05) is 12.6 Å². The number of amides is 1. The molecule has 0 rings (SSSR count). The van der Waals surface area contributed by atoms with Crippen molar-refractivity contribution in [2.45, 2.75) is 59.1 Å². The van der Waals surface area contributed by atoms with Crippen molar-refractivity contribution < 1.29 is 9.53 Å². The molecule has 19 heavy (non-hydrogen) atoms. The summed E-state index contributed by atoms with van der Waals surface area (Å²) in [6.07, 6.45) is 1.78. The van der Waals surface area contributed by atoms with Crippen LogP contribution >= 0.6 is 11.8 Å². The Bertz CT molecular complexity index is 242. The van der Waals surface area contributed by atoms with E-state index in [4.69, 9.17) is 4.74 Å². The van der Waals surface area contributed by atoms with E-state index < -0.39 is 5.60 Å². The molecule has 1 atom stereocenters. The van der Waals surface area contributed by atoms with Crippen molar-refractivity contribution in [2.75, 3.05) is 24.6 Å². The molecule has 0 heterocycles. The Morgan fingerprint density at radius 3 is 2.58 bits per heavy atom. The zero-order chi connectivity index (χ0) is 14.7. The molecular weight excluding hydrogens is 260 g/mol. The van der Waals surface area contributed by atoms with E-state index in [2.05, 4.69) is 24.5 Å². The minimum absolute atomic E-state index is 0.333. The topological polar surface area (TPSA) is 50.4 Å². The molecule has 0 aromatic rings. The highest BCUT2D eigenvalue weighted by molar-refractivity contribution is 7.99. The SMILES string of the molecule is CCSCCC(C)NCCCNC(=O)OC(C)(C)C. The zero-order valence-electron chi connectivity index (χ0n) is 13.0. The lowest BCUT2D eigenvalue weighted by Crippen LogP contribution is -2.35. The summed E-state index contributed by atoms with van der Waals surface area (Å²) in [5, 5.41) is 6.22. The van der Waals surface area contributed by atoms with Crippen molar-refractivity contribution >= 4 is 17.9 Å². The predicted molar refractivity (Wildman–Crippen MR) is 83.9 cm³/mol. The maximum absolute atomic E-state index is 11.4. The summed E-state index contributed by atoms with van der Waals surface area (Å²) in [5.41, 5.74) is -0.423. The van der Waals surface area contributed by atoms with Crippen molar-refractivity contribution in [1.82, 2.24) is 10.6 Å². The van der Waals surface area contributed by atoms with Gasteiger partial charge >= 0.3 is 6.09 Å². The number of hydrogen-bond acceptors (Lipinski definition) is 4. The Hall–Kier alpha value is -0.420. The van der Waals surface area contributed by atoms with Crippen molar-refractivity contribution in [3.63, 3.8) is 0 Å². The van der Waals surface area contributed by atoms with Crippen LogP contribution in [0.1, 0.15) is 47.5 Å². The normalized spacial score (nSPS) is 13.1. The first kappa shape index (κ1) is 18.6. The Morgan fingerprint density at radius 2 is 2.00 bits per heavy atom. The number of rotatable bonds is 9. The number of ether oxygens (including phenoxy) is 1. The number of carbonyl (C=O) groups excluding carboxylic acids is 1. The van der Waals surface area contributed by atoms with Gasteiger partial charge in [0.25, 0.3) is 0 Å². The lowest BCUT2D eigenvalue weighted by Gasteiger charge is -2.19. The second kappa shape index (κ2) is 10.4. The lowest BCUT2D eigenvalue weighted by atomic mass is 10.2. The summed E-state index contributed by atoms with van der Waals surface area (Å²) >= 11 is 1.98. The molecule has 0 aromatic carbocycles. The Morgan fingerprint density at radius 1 is 1.32 bits per heavy atom. The number of thioether (sulfide) groups is 1. The molecular formula is C14H30N2O2S. The van der Waals surface area contributed by atoms with Gasteiger partial charge in [-0.1, -0.05) is 6.92 Å². The second-order valence-corrected chi connectivity index (χ2v) is 7.02. The van der Waals surface area contributed by atoms with E-state index >= 15 is 0 Å². The third kappa shape index (κ3) is 13.8. The molecule has 0 aliphatic rings. The molecule has 0 aromatic heterocycles. The van der Waals surface area contributed by atoms with Gasteiger partial charge in [0.2, 0.25) is 0 Å². The van der Waals surface area contributed by atoms with E-state index in [0.29, 0.717) is 12.6 Å². The van der Waals surface area contributed by atoms with Crippen molar-refractivity contribution in [1.29, 1.82) is 0 Å². The molecule has 2 N–H and O–H groups in total. The van der Waals surface area contributed by atoms with E-state index in [1.165, 1.54) is 17.9 Å². The Labute approximate surface area is 122 Å². The van der Waals surface area contributed by atoms with Crippen LogP contribution in [0.15, 0.2) is 0 Å². The minimum Gasteiger partial charge on any atom is -0.444 e. The van der Waals surface area contributed by atoms with E-state index in [1.54, 1.807) is 0 Å². The standard InChI is InChI=1S/C14H30N2O2S/c1-6-19-11-8-12(2)15-9-7-10-16-13(17)18-14(3,4)5/h12,15H,6-11H2,1-5H3,(H,16,17). The summed E-state index contributed by atoms with van der Waals surface area (Å²) in [6.45, 7) is 11.6. The number of carbonyl (C=O) groups is 1. The van der Waals surface area contributed by atoms with Crippen LogP contribution in [0.2, 0.25) is 0 Å². The monoisotopic (exact) mass is 290 g/mol. The van der Waals surface area contributed by atoms with Crippen LogP contribution in [-0.2, 0) is 4.74 Å². The van der Waals surface area contributed by atoms with Gasteiger partial charge in [-0.3, -0.25) is 0 Å². The van der Waals surface area contributed by atoms with Crippen molar-refractivity contribution in [3.8, 4) is 0 Å². The summed E-state index contributed by atoms with van der Waals surface area (Å²) in [4.78, 5) is 11.4. The van der Waals surface area contributed by atoms with Gasteiger partial charge in [-0.15, -0.1) is 0 Å². The van der Waals surface area contributed by atoms with Crippen LogP contribution in [-0.4, -0.2) is 42.3 Å². The molecule has 0 bridgehead atoms. The van der Waals surface area contributed by atoms with Crippen LogP contribution in [0.3, 0.4) is 0 Å². The highest BCUT2D eigenvalue weighted by Crippen LogP contribution is 2.06. The highest BCUT2D eigenvalue weighted by Gasteiger charge is 2.15. The molecule has 4 nitrogen and oxygen atoms in total. The first-order chi connectivity index (χ1) is 8.85. The van der Waals surface area contributed by atoms with Crippen LogP contribution in [0.25, 0.3) is 0 Å². The number of nitrogens with one attached hydrogen (secondary N) is 2. The molecule has 0 saturated carbocycles. The average molecular weight is 290 g/mol. The third-order valence-electron chi connectivity index (χ3n) is 2.41. The smallest absolute Gasteiger partial charge is 0.407 e. The van der Waals surface area contributed by atoms with Gasteiger partial charge in [-0.2, -0.15) is 11.8 Å². The van der Waals surface area contributed by atoms with Crippen LogP contribution in [0, 0.1) is 0 Å².